The van der Waals surface area contributed by atoms with E-state index >= 15 is 0 Å². The molecular formula is C25H21N5. The first-order valence-electron chi connectivity index (χ1n) is 10.1. The highest BCUT2D eigenvalue weighted by atomic mass is 15.2. The van der Waals surface area contributed by atoms with Crippen molar-refractivity contribution < 1.29 is 0 Å². The smallest absolute Gasteiger partial charge is 0.159 e. The summed E-state index contributed by atoms with van der Waals surface area (Å²) in [5.74, 6) is 0.800. The van der Waals surface area contributed by atoms with E-state index < -0.39 is 0 Å². The van der Waals surface area contributed by atoms with Gasteiger partial charge in [0.05, 0.1) is 17.3 Å². The SMILES string of the molecule is N#Cc1cccc(-n2cccc2CN2CCc3nc(-c4ccccc4)ncc3C2)c1. The first-order chi connectivity index (χ1) is 14.8. The van der Waals surface area contributed by atoms with E-state index in [1.165, 1.54) is 11.3 Å². The summed E-state index contributed by atoms with van der Waals surface area (Å²) < 4.78 is 2.16. The minimum Gasteiger partial charge on any atom is -0.320 e. The molecule has 146 valence electrons. The fourth-order valence-electron chi connectivity index (χ4n) is 3.99. The fourth-order valence-corrected chi connectivity index (χ4v) is 3.99. The zero-order valence-electron chi connectivity index (χ0n) is 16.6. The van der Waals surface area contributed by atoms with Crippen LogP contribution in [-0.2, 0) is 19.5 Å². The lowest BCUT2D eigenvalue weighted by molar-refractivity contribution is 0.239. The van der Waals surface area contributed by atoms with E-state index in [1.54, 1.807) is 0 Å². The highest BCUT2D eigenvalue weighted by Crippen LogP contribution is 2.23. The Morgan fingerprint density at radius 3 is 2.77 bits per heavy atom. The molecule has 0 atom stereocenters. The van der Waals surface area contributed by atoms with Crippen LogP contribution in [0, 0.1) is 11.3 Å². The largest absolute Gasteiger partial charge is 0.320 e. The molecule has 5 nitrogen and oxygen atoms in total. The Labute approximate surface area is 175 Å². The van der Waals surface area contributed by atoms with E-state index in [-0.39, 0.29) is 0 Å². The molecule has 0 saturated carbocycles. The van der Waals surface area contributed by atoms with Crippen molar-refractivity contribution in [2.24, 2.45) is 0 Å². The lowest BCUT2D eigenvalue weighted by Gasteiger charge is -2.28. The van der Waals surface area contributed by atoms with Crippen LogP contribution >= 0.6 is 0 Å². The Kier molecular flexibility index (Phi) is 4.84. The summed E-state index contributed by atoms with van der Waals surface area (Å²) in [5.41, 5.74) is 6.30. The third-order valence-corrected chi connectivity index (χ3v) is 5.52. The van der Waals surface area contributed by atoms with Crippen LogP contribution in [-0.4, -0.2) is 26.0 Å². The summed E-state index contributed by atoms with van der Waals surface area (Å²) in [6.07, 6.45) is 4.95. The Balaban J connectivity index is 1.34. The van der Waals surface area contributed by atoms with Crippen molar-refractivity contribution in [2.75, 3.05) is 6.54 Å². The van der Waals surface area contributed by atoms with E-state index in [0.29, 0.717) is 5.56 Å². The maximum Gasteiger partial charge on any atom is 0.159 e. The van der Waals surface area contributed by atoms with Gasteiger partial charge in [0.15, 0.2) is 5.82 Å². The van der Waals surface area contributed by atoms with Crippen LogP contribution in [0.1, 0.15) is 22.5 Å². The second kappa shape index (κ2) is 7.94. The van der Waals surface area contributed by atoms with Crippen molar-refractivity contribution in [3.8, 4) is 23.1 Å². The van der Waals surface area contributed by atoms with Gasteiger partial charge in [0.25, 0.3) is 0 Å². The van der Waals surface area contributed by atoms with E-state index in [9.17, 15) is 5.26 Å². The van der Waals surface area contributed by atoms with Gasteiger partial charge in [0, 0.05) is 61.0 Å². The molecule has 0 saturated heterocycles. The van der Waals surface area contributed by atoms with Crippen LogP contribution < -0.4 is 0 Å². The monoisotopic (exact) mass is 391 g/mol. The minimum atomic E-state index is 0.672. The number of nitrogens with zero attached hydrogens (tertiary/aromatic N) is 5. The Hall–Kier alpha value is -3.75. The number of nitriles is 1. The van der Waals surface area contributed by atoms with Crippen LogP contribution in [0.3, 0.4) is 0 Å². The molecule has 2 aromatic heterocycles. The molecule has 1 aliphatic heterocycles. The van der Waals surface area contributed by atoms with Crippen LogP contribution in [0.4, 0.5) is 0 Å². The highest BCUT2D eigenvalue weighted by molar-refractivity contribution is 5.54. The molecule has 0 amide bonds. The average molecular weight is 391 g/mol. The second-order valence-electron chi connectivity index (χ2n) is 7.52. The lowest BCUT2D eigenvalue weighted by atomic mass is 10.1. The van der Waals surface area contributed by atoms with Gasteiger partial charge in [-0.15, -0.1) is 0 Å². The van der Waals surface area contributed by atoms with Crippen molar-refractivity contribution >= 4 is 0 Å². The Morgan fingerprint density at radius 1 is 1.00 bits per heavy atom. The van der Waals surface area contributed by atoms with Gasteiger partial charge in [-0.05, 0) is 30.3 Å². The van der Waals surface area contributed by atoms with Gasteiger partial charge in [-0.2, -0.15) is 5.26 Å². The van der Waals surface area contributed by atoms with Gasteiger partial charge in [0.2, 0.25) is 0 Å². The number of fused-ring (bicyclic) bond motifs is 1. The normalized spacial score (nSPS) is 13.6. The van der Waals surface area contributed by atoms with Gasteiger partial charge >= 0.3 is 0 Å². The molecule has 0 bridgehead atoms. The predicted octanol–water partition coefficient (Wildman–Crippen LogP) is 4.36. The molecule has 5 rings (SSSR count). The summed E-state index contributed by atoms with van der Waals surface area (Å²) >= 11 is 0. The van der Waals surface area contributed by atoms with Crippen molar-refractivity contribution in [1.82, 2.24) is 19.4 Å². The van der Waals surface area contributed by atoms with Crippen LogP contribution in [0.5, 0.6) is 0 Å². The summed E-state index contributed by atoms with van der Waals surface area (Å²) in [6, 6.07) is 24.3. The number of hydrogen-bond acceptors (Lipinski definition) is 4. The first-order valence-corrected chi connectivity index (χ1v) is 10.1. The molecular weight excluding hydrogens is 370 g/mol. The molecule has 5 heteroatoms. The van der Waals surface area contributed by atoms with Crippen molar-refractivity contribution in [1.29, 1.82) is 5.26 Å². The van der Waals surface area contributed by atoms with E-state index in [0.717, 1.165) is 48.8 Å². The maximum atomic E-state index is 9.20. The van der Waals surface area contributed by atoms with Crippen molar-refractivity contribution in [3.05, 3.63) is 102 Å². The Morgan fingerprint density at radius 2 is 1.90 bits per heavy atom. The van der Waals surface area contributed by atoms with Crippen LogP contribution in [0.15, 0.2) is 79.1 Å². The fraction of sp³-hybridized carbons (Fsp3) is 0.160. The highest BCUT2D eigenvalue weighted by Gasteiger charge is 2.20. The summed E-state index contributed by atoms with van der Waals surface area (Å²) in [5, 5.41) is 9.20. The zero-order chi connectivity index (χ0) is 20.3. The predicted molar refractivity (Wildman–Crippen MR) is 116 cm³/mol. The van der Waals surface area contributed by atoms with E-state index in [4.69, 9.17) is 4.98 Å². The number of rotatable bonds is 4. The molecule has 2 aromatic carbocycles. The molecule has 0 fully saturated rings. The van der Waals surface area contributed by atoms with Crippen LogP contribution in [0.2, 0.25) is 0 Å². The second-order valence-corrected chi connectivity index (χ2v) is 7.52. The van der Waals surface area contributed by atoms with Crippen molar-refractivity contribution in [3.63, 3.8) is 0 Å². The molecule has 0 radical (unpaired) electrons. The van der Waals surface area contributed by atoms with Crippen molar-refractivity contribution in [2.45, 2.75) is 19.5 Å². The first kappa shape index (κ1) is 18.3. The average Bonchev–Trinajstić information content (AvgIpc) is 3.27. The third-order valence-electron chi connectivity index (χ3n) is 5.52. The topological polar surface area (TPSA) is 57.7 Å². The molecule has 3 heterocycles. The summed E-state index contributed by atoms with van der Waals surface area (Å²) in [7, 11) is 0. The molecule has 0 spiro atoms. The Bertz CT molecular complexity index is 1220. The van der Waals surface area contributed by atoms with Gasteiger partial charge in [-0.3, -0.25) is 4.90 Å². The molecule has 0 N–H and O–H groups in total. The molecule has 0 aliphatic carbocycles. The zero-order valence-corrected chi connectivity index (χ0v) is 16.6. The maximum absolute atomic E-state index is 9.20. The molecule has 30 heavy (non-hydrogen) atoms. The molecule has 4 aromatic rings. The number of benzene rings is 2. The standard InChI is InChI=1S/C25H21N5/c26-15-19-6-4-9-22(14-19)30-12-5-10-23(30)18-29-13-11-24-21(17-29)16-27-25(28-24)20-7-2-1-3-8-20/h1-10,12,14,16H,11,13,17-18H2. The van der Waals surface area contributed by atoms with Gasteiger partial charge in [-0.1, -0.05) is 36.4 Å². The van der Waals surface area contributed by atoms with E-state index in [2.05, 4.69) is 38.8 Å². The lowest BCUT2D eigenvalue weighted by Crippen LogP contribution is -2.31. The molecule has 0 unspecified atom stereocenters. The minimum absolute atomic E-state index is 0.672. The van der Waals surface area contributed by atoms with Gasteiger partial charge < -0.3 is 4.57 Å². The summed E-state index contributed by atoms with van der Waals surface area (Å²) in [4.78, 5) is 11.9. The van der Waals surface area contributed by atoms with E-state index in [1.807, 2.05) is 60.8 Å². The quantitative estimate of drug-likeness (QED) is 0.518. The molecule has 1 aliphatic rings. The summed E-state index contributed by atoms with van der Waals surface area (Å²) in [6.45, 7) is 2.64. The number of hydrogen-bond donors (Lipinski definition) is 0. The third kappa shape index (κ3) is 3.61. The van der Waals surface area contributed by atoms with Gasteiger partial charge in [0.1, 0.15) is 0 Å². The van der Waals surface area contributed by atoms with Gasteiger partial charge in [-0.25, -0.2) is 9.97 Å². The van der Waals surface area contributed by atoms with Crippen LogP contribution in [0.25, 0.3) is 17.1 Å². The number of aromatic nitrogens is 3.